The Morgan fingerprint density at radius 3 is 3.00 bits per heavy atom. The van der Waals surface area contributed by atoms with Crippen LogP contribution in [-0.2, 0) is 0 Å². The van der Waals surface area contributed by atoms with E-state index in [1.807, 2.05) is 12.2 Å². The van der Waals surface area contributed by atoms with Crippen molar-refractivity contribution >= 4 is 0 Å². The molecule has 1 nitrogen and oxygen atoms in total. The monoisotopic (exact) mass is 124 g/mol. The first-order valence-corrected chi connectivity index (χ1v) is 3.33. The first-order valence-electron chi connectivity index (χ1n) is 3.33. The van der Waals surface area contributed by atoms with Crippen molar-refractivity contribution in [3.05, 3.63) is 24.5 Å². The molecule has 0 aromatic carbocycles. The summed E-state index contributed by atoms with van der Waals surface area (Å²) < 4.78 is 0. The van der Waals surface area contributed by atoms with Gasteiger partial charge >= 0.3 is 0 Å². The molecular formula is C8H12O. The predicted octanol–water partition coefficient (Wildman–Crippen LogP) is 2.41. The number of hydrogen-bond donors (Lipinski definition) is 1. The zero-order valence-electron chi connectivity index (χ0n) is 5.51. The number of hydrogen-bond acceptors (Lipinski definition) is 1. The Labute approximate surface area is 55.7 Å². The molecule has 1 aliphatic carbocycles. The van der Waals surface area contributed by atoms with E-state index in [1.165, 1.54) is 0 Å². The number of aliphatic hydroxyl groups is 1. The van der Waals surface area contributed by atoms with E-state index in [9.17, 15) is 0 Å². The highest BCUT2D eigenvalue weighted by Crippen LogP contribution is 2.21. The van der Waals surface area contributed by atoms with Crippen molar-refractivity contribution < 1.29 is 5.11 Å². The van der Waals surface area contributed by atoms with Crippen LogP contribution in [0.15, 0.2) is 24.5 Å². The fourth-order valence-electron chi connectivity index (χ4n) is 1.05. The summed E-state index contributed by atoms with van der Waals surface area (Å²) in [4.78, 5) is 0. The third-order valence-electron chi connectivity index (χ3n) is 1.76. The summed E-state index contributed by atoms with van der Waals surface area (Å²) in [5.74, 6) is 1.15. The standard InChI is InChI=1S/C8H12O/c1-2-7-3-5-8(9)6-4-7/h2,5,7,9H,1,3-4,6H2. The van der Waals surface area contributed by atoms with Crippen molar-refractivity contribution in [3.8, 4) is 0 Å². The number of aliphatic hydroxyl groups excluding tert-OH is 1. The zero-order chi connectivity index (χ0) is 6.69. The minimum atomic E-state index is 0.549. The van der Waals surface area contributed by atoms with Gasteiger partial charge in [0.1, 0.15) is 0 Å². The summed E-state index contributed by atoms with van der Waals surface area (Å²) in [6, 6.07) is 0. The van der Waals surface area contributed by atoms with Crippen molar-refractivity contribution in [2.24, 2.45) is 5.92 Å². The van der Waals surface area contributed by atoms with E-state index < -0.39 is 0 Å². The molecule has 0 heterocycles. The lowest BCUT2D eigenvalue weighted by atomic mass is 9.94. The molecule has 1 unspecified atom stereocenters. The fourth-order valence-corrected chi connectivity index (χ4v) is 1.05. The second-order valence-electron chi connectivity index (χ2n) is 2.47. The molecule has 0 spiro atoms. The topological polar surface area (TPSA) is 20.2 Å². The third kappa shape index (κ3) is 1.60. The number of rotatable bonds is 1. The van der Waals surface area contributed by atoms with Crippen LogP contribution in [0.2, 0.25) is 0 Å². The van der Waals surface area contributed by atoms with Crippen molar-refractivity contribution in [1.29, 1.82) is 0 Å². The highest BCUT2D eigenvalue weighted by Gasteiger charge is 2.09. The van der Waals surface area contributed by atoms with Crippen molar-refractivity contribution in [3.63, 3.8) is 0 Å². The molecule has 50 valence electrons. The minimum Gasteiger partial charge on any atom is -0.513 e. The van der Waals surface area contributed by atoms with Crippen molar-refractivity contribution in [1.82, 2.24) is 0 Å². The van der Waals surface area contributed by atoms with Gasteiger partial charge in [-0.05, 0) is 24.8 Å². The van der Waals surface area contributed by atoms with Crippen LogP contribution >= 0.6 is 0 Å². The van der Waals surface area contributed by atoms with Crippen LogP contribution in [0.1, 0.15) is 19.3 Å². The lowest BCUT2D eigenvalue weighted by Crippen LogP contribution is -2.01. The van der Waals surface area contributed by atoms with Crippen LogP contribution in [-0.4, -0.2) is 5.11 Å². The molecular weight excluding hydrogens is 112 g/mol. The fraction of sp³-hybridized carbons (Fsp3) is 0.500. The molecule has 9 heavy (non-hydrogen) atoms. The van der Waals surface area contributed by atoms with E-state index in [4.69, 9.17) is 5.11 Å². The lowest BCUT2D eigenvalue weighted by molar-refractivity contribution is 0.353. The first kappa shape index (κ1) is 6.40. The Morgan fingerprint density at radius 2 is 2.56 bits per heavy atom. The molecule has 1 heteroatoms. The van der Waals surface area contributed by atoms with Gasteiger partial charge in [-0.2, -0.15) is 0 Å². The van der Waals surface area contributed by atoms with Crippen LogP contribution in [0.5, 0.6) is 0 Å². The molecule has 0 fully saturated rings. The summed E-state index contributed by atoms with van der Waals surface area (Å²) in [5.41, 5.74) is 0. The van der Waals surface area contributed by atoms with Gasteiger partial charge in [0.15, 0.2) is 0 Å². The molecule has 1 rings (SSSR count). The smallest absolute Gasteiger partial charge is 0.0883 e. The highest BCUT2D eigenvalue weighted by molar-refractivity contribution is 5.00. The number of allylic oxidation sites excluding steroid dienone is 3. The summed E-state index contributed by atoms with van der Waals surface area (Å²) >= 11 is 0. The predicted molar refractivity (Wildman–Crippen MR) is 38.2 cm³/mol. The van der Waals surface area contributed by atoms with Gasteiger partial charge in [0.05, 0.1) is 5.76 Å². The molecule has 1 aliphatic rings. The molecule has 0 saturated heterocycles. The molecule has 0 aromatic heterocycles. The van der Waals surface area contributed by atoms with Crippen LogP contribution in [0.3, 0.4) is 0 Å². The maximum absolute atomic E-state index is 8.95. The molecule has 0 aromatic rings. The van der Waals surface area contributed by atoms with Crippen molar-refractivity contribution in [2.45, 2.75) is 19.3 Å². The van der Waals surface area contributed by atoms with Crippen LogP contribution in [0.4, 0.5) is 0 Å². The van der Waals surface area contributed by atoms with Gasteiger partial charge in [0.25, 0.3) is 0 Å². The molecule has 0 aliphatic heterocycles. The van der Waals surface area contributed by atoms with Gasteiger partial charge in [-0.15, -0.1) is 6.58 Å². The van der Waals surface area contributed by atoms with Gasteiger partial charge in [-0.25, -0.2) is 0 Å². The minimum absolute atomic E-state index is 0.549. The molecule has 1 atom stereocenters. The van der Waals surface area contributed by atoms with E-state index in [-0.39, 0.29) is 0 Å². The van der Waals surface area contributed by atoms with Crippen LogP contribution in [0.25, 0.3) is 0 Å². The van der Waals surface area contributed by atoms with E-state index in [2.05, 4.69) is 6.58 Å². The molecule has 0 saturated carbocycles. The summed E-state index contributed by atoms with van der Waals surface area (Å²) in [6.45, 7) is 3.70. The maximum Gasteiger partial charge on any atom is 0.0883 e. The maximum atomic E-state index is 8.95. The van der Waals surface area contributed by atoms with Gasteiger partial charge in [-0.1, -0.05) is 6.08 Å². The van der Waals surface area contributed by atoms with E-state index in [0.29, 0.717) is 11.7 Å². The second kappa shape index (κ2) is 2.72. The average Bonchev–Trinajstić information content (AvgIpc) is 1.90. The van der Waals surface area contributed by atoms with Crippen LogP contribution < -0.4 is 0 Å². The third-order valence-corrected chi connectivity index (χ3v) is 1.76. The Bertz CT molecular complexity index is 136. The Morgan fingerprint density at radius 1 is 1.78 bits per heavy atom. The quantitative estimate of drug-likeness (QED) is 0.532. The van der Waals surface area contributed by atoms with Gasteiger partial charge in [0, 0.05) is 6.42 Å². The normalized spacial score (nSPS) is 27.1. The SMILES string of the molecule is C=CC1CC=C(O)CC1. The molecule has 0 radical (unpaired) electrons. The van der Waals surface area contributed by atoms with Gasteiger partial charge in [0.2, 0.25) is 0 Å². The molecule has 1 N–H and O–H groups in total. The Balaban J connectivity index is 2.45. The molecule has 0 amide bonds. The summed E-state index contributed by atoms with van der Waals surface area (Å²) in [7, 11) is 0. The van der Waals surface area contributed by atoms with Crippen molar-refractivity contribution in [2.75, 3.05) is 0 Å². The van der Waals surface area contributed by atoms with E-state index in [1.54, 1.807) is 0 Å². The van der Waals surface area contributed by atoms with E-state index in [0.717, 1.165) is 19.3 Å². The lowest BCUT2D eigenvalue weighted by Gasteiger charge is -2.14. The Kier molecular flexibility index (Phi) is 1.93. The van der Waals surface area contributed by atoms with E-state index >= 15 is 0 Å². The zero-order valence-corrected chi connectivity index (χ0v) is 5.51. The summed E-state index contributed by atoms with van der Waals surface area (Å²) in [5, 5.41) is 8.95. The average molecular weight is 124 g/mol. The Hall–Kier alpha value is -0.720. The van der Waals surface area contributed by atoms with Crippen LogP contribution in [0, 0.1) is 5.92 Å². The van der Waals surface area contributed by atoms with Gasteiger partial charge < -0.3 is 5.11 Å². The first-order chi connectivity index (χ1) is 4.33. The van der Waals surface area contributed by atoms with Gasteiger partial charge in [-0.3, -0.25) is 0 Å². The summed E-state index contributed by atoms with van der Waals surface area (Å²) in [6.07, 6.45) is 6.70. The molecule has 0 bridgehead atoms. The second-order valence-corrected chi connectivity index (χ2v) is 2.47. The highest BCUT2D eigenvalue weighted by atomic mass is 16.3. The largest absolute Gasteiger partial charge is 0.513 e.